The number of aliphatic hydroxyl groups excluding tert-OH is 7. The Morgan fingerprint density at radius 3 is 0.812 bits per heavy atom. The van der Waals surface area contributed by atoms with E-state index in [-0.39, 0.29) is 26.4 Å². The van der Waals surface area contributed by atoms with Crippen LogP contribution in [0.5, 0.6) is 0 Å². The van der Waals surface area contributed by atoms with Crippen LogP contribution in [0.3, 0.4) is 0 Å². The van der Waals surface area contributed by atoms with Crippen LogP contribution in [0.15, 0.2) is 0 Å². The van der Waals surface area contributed by atoms with Crippen LogP contribution in [0, 0.1) is 0 Å². The maximum atomic E-state index is 11.7. The Labute approximate surface area is 465 Å². The van der Waals surface area contributed by atoms with E-state index in [1.54, 1.807) is 0 Å². The molecule has 0 amide bonds. The normalized spacial score (nSPS) is 46.6. The summed E-state index contributed by atoms with van der Waals surface area (Å²) in [5, 5.41) is 78.8. The van der Waals surface area contributed by atoms with Crippen LogP contribution >= 0.6 is 0 Å². The molecule has 31 nitrogen and oxygen atoms in total. The second kappa shape index (κ2) is 32.5. The average molecular weight is 1170 g/mol. The van der Waals surface area contributed by atoms with E-state index >= 15 is 0 Å². The zero-order valence-electron chi connectivity index (χ0n) is 47.5. The lowest BCUT2D eigenvalue weighted by molar-refractivity contribution is -0.398. The van der Waals surface area contributed by atoms with E-state index in [0.29, 0.717) is 0 Å². The Morgan fingerprint density at radius 2 is 0.500 bits per heavy atom. The van der Waals surface area contributed by atoms with Gasteiger partial charge in [-0.05, 0) is 0 Å². The van der Waals surface area contributed by atoms with E-state index in [0.717, 1.165) is 0 Å². The van der Waals surface area contributed by atoms with E-state index in [1.807, 2.05) is 0 Å². The van der Waals surface area contributed by atoms with Gasteiger partial charge >= 0.3 is 0 Å². The van der Waals surface area contributed by atoms with E-state index in [4.69, 9.17) is 114 Å². The van der Waals surface area contributed by atoms with Crippen LogP contribution in [-0.4, -0.2) is 352 Å². The molecule has 80 heavy (non-hydrogen) atoms. The predicted octanol–water partition coefficient (Wildman–Crippen LogP) is -5.60. The van der Waals surface area contributed by atoms with Crippen molar-refractivity contribution in [1.82, 2.24) is 0 Å². The van der Waals surface area contributed by atoms with Crippen molar-refractivity contribution in [3.8, 4) is 0 Å². The minimum absolute atomic E-state index is 0.0178. The fourth-order valence-corrected chi connectivity index (χ4v) is 11.3. The predicted molar refractivity (Wildman–Crippen MR) is 261 cm³/mol. The zero-order chi connectivity index (χ0) is 58.5. The summed E-state index contributed by atoms with van der Waals surface area (Å²) in [6.45, 7) is -1.79. The highest BCUT2D eigenvalue weighted by Gasteiger charge is 2.59. The molecule has 0 spiro atoms. The van der Waals surface area contributed by atoms with Crippen LogP contribution in [0.1, 0.15) is 0 Å². The van der Waals surface area contributed by atoms with Crippen molar-refractivity contribution in [2.75, 3.05) is 132 Å². The Morgan fingerprint density at radius 1 is 0.250 bits per heavy atom. The van der Waals surface area contributed by atoms with Crippen LogP contribution < -0.4 is 0 Å². The van der Waals surface area contributed by atoms with Crippen molar-refractivity contribution in [1.29, 1.82) is 0 Å². The molecule has 6 heterocycles. The van der Waals surface area contributed by atoms with Crippen molar-refractivity contribution >= 4 is 0 Å². The standard InChI is InChI=1S/C49H88O31/c1-57-16-22-32(61-5)36(62-6)41(67-11)48(73-22)80-35-25(19-60-4)74-47(42(68-12)39(35)65-9)77-31-21(15-51)71-45(28(54)27(31)53)76-30-20(14-50)72-46(29(55)26(30)52)78-34-24(18-59-3)75-49(43(69-13)38(34)64-8)79-33-23(17-58-2)70-44(56)40(66-10)37(33)63-7/h20-56H,14-19H2,1-13H3/t20-,21-,22-,23-,24-,25-,26-,27-,28-,29-,30-,31-,32-,33-,34-,35-,36?,37+,38+,39+,40-,41-,42-,43-,44?,45+,46+,47+,48+,49+/m1/s1. The summed E-state index contributed by atoms with van der Waals surface area (Å²) >= 11 is 0. The Kier molecular flexibility index (Phi) is 27.6. The molecule has 6 saturated heterocycles. The third-order valence-electron chi connectivity index (χ3n) is 15.3. The fourth-order valence-electron chi connectivity index (χ4n) is 11.3. The second-order valence-electron chi connectivity index (χ2n) is 19.7. The largest absolute Gasteiger partial charge is 0.394 e. The SMILES string of the molecule is COC[C@H]1O[C@@H](O[C@H]2[C@H](OC)[C@@H](OC)C(O)O[C@@H]2COC)[C@H](OC)[C@@H](OC)[C@@H]1O[C@@H]1O[C@H](CO)[C@@H](O[C@@H]2O[C@H](CO)[C@@H](O[C@@H]3O[C@H](COC)[C@@H](O[C@@H]4O[C@H](COC)[C@@H](OC)C(OC)[C@H]4OC)[C@H](OC)[C@H]3OC)[C@H](O)[C@H]2O)[C@H](O)[C@H]1O. The summed E-state index contributed by atoms with van der Waals surface area (Å²) in [7, 11) is 18.6. The molecule has 0 aromatic heterocycles. The van der Waals surface area contributed by atoms with E-state index in [1.165, 1.54) is 92.4 Å². The van der Waals surface area contributed by atoms with E-state index in [9.17, 15) is 35.7 Å². The molecule has 2 unspecified atom stereocenters. The topological polar surface area (TPSA) is 363 Å². The summed E-state index contributed by atoms with van der Waals surface area (Å²) < 4.78 is 143. The highest BCUT2D eigenvalue weighted by atomic mass is 16.8. The van der Waals surface area contributed by atoms with Crippen molar-refractivity contribution in [2.24, 2.45) is 0 Å². The summed E-state index contributed by atoms with van der Waals surface area (Å²) in [5.41, 5.74) is 0. The average Bonchev–Trinajstić information content (AvgIpc) is 3.47. The maximum absolute atomic E-state index is 11.7. The minimum atomic E-state index is -1.97. The minimum Gasteiger partial charge on any atom is -0.394 e. The third kappa shape index (κ3) is 14.8. The number of hydrogen-bond donors (Lipinski definition) is 7. The molecule has 0 bridgehead atoms. The highest BCUT2D eigenvalue weighted by Crippen LogP contribution is 2.39. The molecule has 6 rings (SSSR count). The van der Waals surface area contributed by atoms with Gasteiger partial charge in [-0.1, -0.05) is 0 Å². The first-order chi connectivity index (χ1) is 38.6. The lowest BCUT2D eigenvalue weighted by Gasteiger charge is -2.51. The molecule has 470 valence electrons. The van der Waals surface area contributed by atoms with Crippen molar-refractivity contribution in [3.63, 3.8) is 0 Å². The van der Waals surface area contributed by atoms with Gasteiger partial charge in [0.1, 0.15) is 146 Å². The van der Waals surface area contributed by atoms with Gasteiger partial charge in [0.25, 0.3) is 0 Å². The lowest BCUT2D eigenvalue weighted by atomic mass is 9.95. The molecule has 0 aromatic rings. The van der Waals surface area contributed by atoms with Gasteiger partial charge in [0.05, 0.1) is 39.6 Å². The lowest BCUT2D eigenvalue weighted by Crippen LogP contribution is -2.68. The van der Waals surface area contributed by atoms with Gasteiger partial charge in [-0.15, -0.1) is 0 Å². The maximum Gasteiger partial charge on any atom is 0.187 e. The molecule has 6 aliphatic heterocycles. The van der Waals surface area contributed by atoms with Crippen LogP contribution in [-0.2, 0) is 114 Å². The quantitative estimate of drug-likeness (QED) is 0.0367. The Hall–Kier alpha value is -1.24. The monoisotopic (exact) mass is 1170 g/mol. The number of hydrogen-bond acceptors (Lipinski definition) is 31. The number of aliphatic hydroxyl groups is 7. The summed E-state index contributed by atoms with van der Waals surface area (Å²) in [6.07, 6.45) is -37.5. The molecule has 0 aliphatic carbocycles. The number of methoxy groups -OCH3 is 13. The first-order valence-electron chi connectivity index (χ1n) is 26.1. The van der Waals surface area contributed by atoms with Gasteiger partial charge in [-0.2, -0.15) is 0 Å². The highest BCUT2D eigenvalue weighted by molar-refractivity contribution is 5.01. The summed E-state index contributed by atoms with van der Waals surface area (Å²) in [4.78, 5) is 0. The zero-order valence-corrected chi connectivity index (χ0v) is 47.5. The van der Waals surface area contributed by atoms with Gasteiger partial charge < -0.3 is 149 Å². The summed E-state index contributed by atoms with van der Waals surface area (Å²) in [6, 6.07) is 0. The second-order valence-corrected chi connectivity index (χ2v) is 19.7. The van der Waals surface area contributed by atoms with Crippen LogP contribution in [0.4, 0.5) is 0 Å². The number of rotatable bonds is 29. The van der Waals surface area contributed by atoms with Gasteiger partial charge in [0, 0.05) is 92.4 Å². The summed E-state index contributed by atoms with van der Waals surface area (Å²) in [5.74, 6) is 0. The fraction of sp³-hybridized carbons (Fsp3) is 1.00. The molecule has 7 N–H and O–H groups in total. The molecule has 0 radical (unpaired) electrons. The molecule has 0 saturated carbocycles. The first-order valence-corrected chi connectivity index (χ1v) is 26.1. The third-order valence-corrected chi connectivity index (χ3v) is 15.3. The van der Waals surface area contributed by atoms with Gasteiger partial charge in [-0.25, -0.2) is 0 Å². The van der Waals surface area contributed by atoms with Crippen molar-refractivity contribution in [2.45, 2.75) is 184 Å². The molecule has 30 atom stereocenters. The van der Waals surface area contributed by atoms with Crippen molar-refractivity contribution < 1.29 is 149 Å². The van der Waals surface area contributed by atoms with E-state index in [2.05, 4.69) is 0 Å². The van der Waals surface area contributed by atoms with E-state index < -0.39 is 197 Å². The molecular formula is C49H88O31. The Bertz CT molecular complexity index is 1730. The molecule has 6 aliphatic rings. The molecule has 0 aromatic carbocycles. The number of ether oxygens (including phenoxy) is 24. The van der Waals surface area contributed by atoms with Crippen molar-refractivity contribution in [3.05, 3.63) is 0 Å². The van der Waals surface area contributed by atoms with Gasteiger partial charge in [0.15, 0.2) is 37.7 Å². The van der Waals surface area contributed by atoms with Gasteiger partial charge in [0.2, 0.25) is 0 Å². The molecule has 31 heteroatoms. The molecule has 6 fully saturated rings. The Balaban J connectivity index is 1.15. The van der Waals surface area contributed by atoms with Gasteiger partial charge in [-0.3, -0.25) is 0 Å². The van der Waals surface area contributed by atoms with Crippen LogP contribution in [0.2, 0.25) is 0 Å². The molecular weight excluding hydrogens is 1080 g/mol. The van der Waals surface area contributed by atoms with Crippen LogP contribution in [0.25, 0.3) is 0 Å². The smallest absolute Gasteiger partial charge is 0.187 e. The first kappa shape index (κ1) is 67.9.